The van der Waals surface area contributed by atoms with E-state index in [1.54, 1.807) is 0 Å². The highest BCUT2D eigenvalue weighted by molar-refractivity contribution is 5.85. The normalized spacial score (nSPS) is 23.6. The maximum Gasteiger partial charge on any atom is 0.222 e. The van der Waals surface area contributed by atoms with E-state index in [1.165, 1.54) is 25.1 Å². The largest absolute Gasteiger partial charge is 0.346 e. The molecule has 2 aliphatic heterocycles. The number of nitrogens with one attached hydrogen (secondary N) is 1. The predicted molar refractivity (Wildman–Crippen MR) is 126 cm³/mol. The van der Waals surface area contributed by atoms with Crippen LogP contribution >= 0.6 is 24.8 Å². The fraction of sp³-hybridized carbons (Fsp3) is 0.696. The standard InChI is InChI=1S/C23H37N3O.2ClH/c1-3-4-13-25(2)23(27)12-8-11-22-21-14-20(15-24-22)17-26(18-21)16-19-9-6-5-7-10-19;;/h5-7,9-10,20-22,24H,3-4,8,11-18H2,1-2H3;2*1H/t20?,21?,22-;;/m1../s1. The molecule has 2 saturated heterocycles. The number of halogens is 2. The first kappa shape index (κ1) is 26.2. The van der Waals surface area contributed by atoms with Crippen LogP contribution in [0.5, 0.6) is 0 Å². The van der Waals surface area contributed by atoms with Crippen LogP contribution in [0.3, 0.4) is 0 Å². The summed E-state index contributed by atoms with van der Waals surface area (Å²) in [5.74, 6) is 1.83. The minimum absolute atomic E-state index is 0. The van der Waals surface area contributed by atoms with Gasteiger partial charge in [-0.05, 0) is 49.6 Å². The maximum absolute atomic E-state index is 12.3. The first-order valence-corrected chi connectivity index (χ1v) is 10.9. The Morgan fingerprint density at radius 3 is 2.66 bits per heavy atom. The Morgan fingerprint density at radius 2 is 1.93 bits per heavy atom. The average Bonchev–Trinajstić information content (AvgIpc) is 2.68. The lowest BCUT2D eigenvalue weighted by Gasteiger charge is -2.46. The van der Waals surface area contributed by atoms with Crippen molar-refractivity contribution in [1.29, 1.82) is 0 Å². The lowest BCUT2D eigenvalue weighted by molar-refractivity contribution is -0.130. The first-order chi connectivity index (χ1) is 13.2. The van der Waals surface area contributed by atoms with Crippen molar-refractivity contribution in [2.45, 2.75) is 58.0 Å². The van der Waals surface area contributed by atoms with Gasteiger partial charge in [0, 0.05) is 45.7 Å². The van der Waals surface area contributed by atoms with Crippen LogP contribution in [0.25, 0.3) is 0 Å². The van der Waals surface area contributed by atoms with E-state index in [0.717, 1.165) is 57.2 Å². The molecular weight excluding hydrogens is 405 g/mol. The number of nitrogens with zero attached hydrogens (tertiary/aromatic N) is 2. The highest BCUT2D eigenvalue weighted by Gasteiger charge is 2.36. The molecule has 1 aromatic carbocycles. The minimum Gasteiger partial charge on any atom is -0.346 e. The number of carbonyl (C=O) groups excluding carboxylic acids is 1. The number of likely N-dealkylation sites (tertiary alicyclic amines) is 1. The molecule has 3 rings (SSSR count). The summed E-state index contributed by atoms with van der Waals surface area (Å²) in [7, 11) is 1.95. The fourth-order valence-corrected chi connectivity index (χ4v) is 4.77. The summed E-state index contributed by atoms with van der Waals surface area (Å²) in [5.41, 5.74) is 1.42. The van der Waals surface area contributed by atoms with E-state index in [1.807, 2.05) is 11.9 Å². The number of unbranched alkanes of at least 4 members (excludes halogenated alkanes) is 1. The molecule has 2 fully saturated rings. The highest BCUT2D eigenvalue weighted by Crippen LogP contribution is 2.31. The smallest absolute Gasteiger partial charge is 0.222 e. The van der Waals surface area contributed by atoms with Crippen molar-refractivity contribution in [2.75, 3.05) is 33.2 Å². The van der Waals surface area contributed by atoms with Gasteiger partial charge in [0.05, 0.1) is 0 Å². The fourth-order valence-electron chi connectivity index (χ4n) is 4.77. The van der Waals surface area contributed by atoms with Gasteiger partial charge >= 0.3 is 0 Å². The van der Waals surface area contributed by atoms with Gasteiger partial charge in [0.1, 0.15) is 0 Å². The Bertz CT molecular complexity index is 587. The van der Waals surface area contributed by atoms with E-state index in [4.69, 9.17) is 0 Å². The van der Waals surface area contributed by atoms with E-state index >= 15 is 0 Å². The number of amides is 1. The summed E-state index contributed by atoms with van der Waals surface area (Å²) in [5, 5.41) is 3.79. The molecule has 2 aliphatic rings. The van der Waals surface area contributed by atoms with Crippen LogP contribution in [0.4, 0.5) is 0 Å². The third-order valence-electron chi connectivity index (χ3n) is 6.31. The molecule has 6 heteroatoms. The van der Waals surface area contributed by atoms with Gasteiger partial charge < -0.3 is 10.2 Å². The molecule has 0 saturated carbocycles. The van der Waals surface area contributed by atoms with Gasteiger partial charge in [0.2, 0.25) is 5.91 Å². The van der Waals surface area contributed by atoms with Crippen molar-refractivity contribution < 1.29 is 4.79 Å². The Balaban J connectivity index is 0.00000210. The molecule has 1 N–H and O–H groups in total. The molecular formula is C23H39Cl2N3O. The van der Waals surface area contributed by atoms with Crippen molar-refractivity contribution in [3.05, 3.63) is 35.9 Å². The van der Waals surface area contributed by atoms with Crippen molar-refractivity contribution in [2.24, 2.45) is 11.8 Å². The summed E-state index contributed by atoms with van der Waals surface area (Å²) < 4.78 is 0. The third-order valence-corrected chi connectivity index (χ3v) is 6.31. The molecule has 0 aromatic heterocycles. The second-order valence-corrected chi connectivity index (χ2v) is 8.62. The van der Waals surface area contributed by atoms with Gasteiger partial charge in [-0.1, -0.05) is 43.7 Å². The molecule has 2 unspecified atom stereocenters. The summed E-state index contributed by atoms with van der Waals surface area (Å²) in [4.78, 5) is 16.8. The van der Waals surface area contributed by atoms with Gasteiger partial charge in [0.25, 0.3) is 0 Å². The summed E-state index contributed by atoms with van der Waals surface area (Å²) >= 11 is 0. The summed E-state index contributed by atoms with van der Waals surface area (Å²) in [6.07, 6.45) is 6.44. The molecule has 1 amide bonds. The number of hydrogen-bond donors (Lipinski definition) is 1. The zero-order chi connectivity index (χ0) is 19.1. The second-order valence-electron chi connectivity index (χ2n) is 8.62. The van der Waals surface area contributed by atoms with Gasteiger partial charge in [-0.2, -0.15) is 0 Å². The van der Waals surface area contributed by atoms with Gasteiger partial charge in [-0.15, -0.1) is 24.8 Å². The molecule has 166 valence electrons. The van der Waals surface area contributed by atoms with Crippen LogP contribution in [0.2, 0.25) is 0 Å². The summed E-state index contributed by atoms with van der Waals surface area (Å²) in [6.45, 7) is 7.68. The third kappa shape index (κ3) is 8.09. The zero-order valence-corrected chi connectivity index (χ0v) is 19.6. The van der Waals surface area contributed by atoms with Gasteiger partial charge in [0.15, 0.2) is 0 Å². The molecule has 2 bridgehead atoms. The van der Waals surface area contributed by atoms with Gasteiger partial charge in [-0.3, -0.25) is 9.69 Å². The van der Waals surface area contributed by atoms with E-state index < -0.39 is 0 Å². The monoisotopic (exact) mass is 443 g/mol. The maximum atomic E-state index is 12.3. The van der Waals surface area contributed by atoms with Crippen LogP contribution < -0.4 is 5.32 Å². The van der Waals surface area contributed by atoms with Crippen molar-refractivity contribution >= 4 is 30.7 Å². The molecule has 4 nitrogen and oxygen atoms in total. The Kier molecular flexibility index (Phi) is 12.2. The lowest BCUT2D eigenvalue weighted by Crippen LogP contribution is -2.55. The van der Waals surface area contributed by atoms with E-state index in [2.05, 4.69) is 47.5 Å². The molecule has 0 spiro atoms. The predicted octanol–water partition coefficient (Wildman–Crippen LogP) is 4.37. The van der Waals surface area contributed by atoms with Crippen molar-refractivity contribution in [1.82, 2.24) is 15.1 Å². The van der Waals surface area contributed by atoms with E-state index in [9.17, 15) is 4.79 Å². The minimum atomic E-state index is 0. The number of benzene rings is 1. The highest BCUT2D eigenvalue weighted by atomic mass is 35.5. The number of fused-ring (bicyclic) bond motifs is 2. The molecule has 0 aliphatic carbocycles. The van der Waals surface area contributed by atoms with Crippen LogP contribution in [-0.2, 0) is 11.3 Å². The Morgan fingerprint density at radius 1 is 1.17 bits per heavy atom. The molecule has 3 atom stereocenters. The SMILES string of the molecule is CCCCN(C)C(=O)CCC[C@H]1NCC2CC1CN(Cc1ccccc1)C2.Cl.Cl. The van der Waals surface area contributed by atoms with E-state index in [0.29, 0.717) is 18.4 Å². The Labute approximate surface area is 189 Å². The van der Waals surface area contributed by atoms with Crippen LogP contribution in [0.15, 0.2) is 30.3 Å². The zero-order valence-electron chi connectivity index (χ0n) is 18.0. The number of rotatable bonds is 9. The van der Waals surface area contributed by atoms with Crippen molar-refractivity contribution in [3.63, 3.8) is 0 Å². The Hall–Kier alpha value is -0.810. The summed E-state index contributed by atoms with van der Waals surface area (Å²) in [6, 6.07) is 11.4. The quantitative estimate of drug-likeness (QED) is 0.615. The second kappa shape index (κ2) is 13.5. The molecule has 1 aromatic rings. The first-order valence-electron chi connectivity index (χ1n) is 10.9. The van der Waals surface area contributed by atoms with Crippen molar-refractivity contribution in [3.8, 4) is 0 Å². The van der Waals surface area contributed by atoms with E-state index in [-0.39, 0.29) is 24.8 Å². The van der Waals surface area contributed by atoms with Crippen LogP contribution in [0, 0.1) is 11.8 Å². The molecule has 2 heterocycles. The van der Waals surface area contributed by atoms with Gasteiger partial charge in [-0.25, -0.2) is 0 Å². The molecule has 0 radical (unpaired) electrons. The van der Waals surface area contributed by atoms with Crippen LogP contribution in [-0.4, -0.2) is 55.0 Å². The lowest BCUT2D eigenvalue weighted by atomic mass is 9.79. The number of carbonyl (C=O) groups is 1. The topological polar surface area (TPSA) is 35.6 Å². The number of piperidine rings is 2. The average molecular weight is 444 g/mol. The number of hydrogen-bond acceptors (Lipinski definition) is 3. The molecule has 29 heavy (non-hydrogen) atoms. The van der Waals surface area contributed by atoms with Crippen LogP contribution in [0.1, 0.15) is 51.0 Å².